The van der Waals surface area contributed by atoms with E-state index in [-0.39, 0.29) is 11.2 Å². The Morgan fingerprint density at radius 3 is 2.44 bits per heavy atom. The maximum atomic E-state index is 10.4. The number of nitrogens with one attached hydrogen (secondary N) is 1. The molecule has 96 valence electrons. The Morgan fingerprint density at radius 2 is 1.94 bits per heavy atom. The molecule has 0 atom stereocenters. The van der Waals surface area contributed by atoms with E-state index in [1.54, 1.807) is 6.20 Å². The molecule has 1 heterocycles. The predicted octanol–water partition coefficient (Wildman–Crippen LogP) is 3.42. The molecule has 0 unspecified atom stereocenters. The van der Waals surface area contributed by atoms with Gasteiger partial charge in [-0.1, -0.05) is 36.7 Å². The van der Waals surface area contributed by atoms with Gasteiger partial charge in [-0.3, -0.25) is 5.10 Å². The van der Waals surface area contributed by atoms with Crippen LogP contribution in [0.5, 0.6) is 5.75 Å². The van der Waals surface area contributed by atoms with Crippen molar-refractivity contribution in [3.63, 3.8) is 0 Å². The van der Waals surface area contributed by atoms with Crippen molar-refractivity contribution in [2.75, 3.05) is 5.73 Å². The van der Waals surface area contributed by atoms with Gasteiger partial charge in [0.2, 0.25) is 0 Å². The van der Waals surface area contributed by atoms with E-state index in [1.807, 2.05) is 12.1 Å². The Bertz CT molecular complexity index is 584. The van der Waals surface area contributed by atoms with Crippen molar-refractivity contribution < 1.29 is 5.11 Å². The van der Waals surface area contributed by atoms with Crippen LogP contribution in [0.1, 0.15) is 26.3 Å². The first-order valence-corrected chi connectivity index (χ1v) is 6.42. The molecule has 0 saturated carbocycles. The molecule has 0 fully saturated rings. The first-order chi connectivity index (χ1) is 8.30. The van der Waals surface area contributed by atoms with Crippen molar-refractivity contribution in [3.8, 4) is 16.9 Å². The third-order valence-electron chi connectivity index (χ3n) is 2.84. The van der Waals surface area contributed by atoms with Gasteiger partial charge in [0, 0.05) is 21.2 Å². The minimum absolute atomic E-state index is 0.152. The molecule has 0 bridgehead atoms. The van der Waals surface area contributed by atoms with E-state index in [4.69, 9.17) is 5.73 Å². The third-order valence-corrected chi connectivity index (χ3v) is 3.30. The predicted molar refractivity (Wildman–Crippen MR) is 76.5 cm³/mol. The Hall–Kier alpha value is -1.49. The number of hydrogen-bond donors (Lipinski definition) is 3. The van der Waals surface area contributed by atoms with Gasteiger partial charge in [-0.25, -0.2) is 0 Å². The highest BCUT2D eigenvalue weighted by Crippen LogP contribution is 2.41. The topological polar surface area (TPSA) is 74.9 Å². The van der Waals surface area contributed by atoms with E-state index in [0.717, 1.165) is 10.0 Å². The van der Waals surface area contributed by atoms with E-state index in [2.05, 4.69) is 46.9 Å². The first kappa shape index (κ1) is 13.0. The van der Waals surface area contributed by atoms with Gasteiger partial charge in [0.1, 0.15) is 11.6 Å². The SMILES string of the molecule is CC(C)(C)c1cc(Br)cc(-c2cn[nH]c2N)c1O. The fraction of sp³-hybridized carbons (Fsp3) is 0.308. The minimum atomic E-state index is -0.152. The molecule has 5 heteroatoms. The quantitative estimate of drug-likeness (QED) is 0.755. The third kappa shape index (κ3) is 2.22. The van der Waals surface area contributed by atoms with Crippen LogP contribution < -0.4 is 5.73 Å². The summed E-state index contributed by atoms with van der Waals surface area (Å²) in [6, 6.07) is 3.76. The van der Waals surface area contributed by atoms with Gasteiger partial charge in [0.15, 0.2) is 0 Å². The molecule has 18 heavy (non-hydrogen) atoms. The van der Waals surface area contributed by atoms with Crippen LogP contribution in [-0.4, -0.2) is 15.3 Å². The number of phenolic OH excluding ortho intramolecular Hbond substituents is 1. The van der Waals surface area contributed by atoms with Crippen LogP contribution in [0.2, 0.25) is 0 Å². The molecule has 0 saturated heterocycles. The number of rotatable bonds is 1. The summed E-state index contributed by atoms with van der Waals surface area (Å²) in [5.74, 6) is 0.696. The van der Waals surface area contributed by atoms with Crippen LogP contribution in [-0.2, 0) is 5.41 Å². The maximum Gasteiger partial charge on any atom is 0.127 e. The first-order valence-electron chi connectivity index (χ1n) is 5.63. The number of H-pyrrole nitrogens is 1. The summed E-state index contributed by atoms with van der Waals surface area (Å²) < 4.78 is 0.904. The number of phenols is 1. The number of halogens is 1. The van der Waals surface area contributed by atoms with E-state index >= 15 is 0 Å². The largest absolute Gasteiger partial charge is 0.507 e. The van der Waals surface area contributed by atoms with Crippen LogP contribution in [0.4, 0.5) is 5.82 Å². The van der Waals surface area contributed by atoms with Gasteiger partial charge < -0.3 is 10.8 Å². The summed E-state index contributed by atoms with van der Waals surface area (Å²) in [6.45, 7) is 6.16. The molecule has 0 aliphatic carbocycles. The van der Waals surface area contributed by atoms with Gasteiger partial charge in [0.25, 0.3) is 0 Å². The van der Waals surface area contributed by atoms with Crippen molar-refractivity contribution in [2.45, 2.75) is 26.2 Å². The Kier molecular flexibility index (Phi) is 3.11. The number of nitrogen functional groups attached to an aromatic ring is 1. The minimum Gasteiger partial charge on any atom is -0.507 e. The monoisotopic (exact) mass is 309 g/mol. The number of nitrogens with two attached hydrogens (primary N) is 1. The molecule has 1 aromatic carbocycles. The van der Waals surface area contributed by atoms with E-state index in [1.165, 1.54) is 0 Å². The molecule has 4 N–H and O–H groups in total. The second-order valence-corrected chi connectivity index (χ2v) is 6.21. The molecule has 2 aromatic rings. The van der Waals surface area contributed by atoms with Crippen LogP contribution in [0.3, 0.4) is 0 Å². The molecule has 0 amide bonds. The van der Waals surface area contributed by atoms with E-state index in [0.29, 0.717) is 16.9 Å². The second-order valence-electron chi connectivity index (χ2n) is 5.30. The summed E-state index contributed by atoms with van der Waals surface area (Å²) in [5, 5.41) is 17.0. The molecule has 2 rings (SSSR count). The van der Waals surface area contributed by atoms with Crippen molar-refractivity contribution >= 4 is 21.7 Å². The number of anilines is 1. The smallest absolute Gasteiger partial charge is 0.127 e. The van der Waals surface area contributed by atoms with Crippen molar-refractivity contribution in [1.29, 1.82) is 0 Å². The number of aromatic nitrogens is 2. The van der Waals surface area contributed by atoms with Gasteiger partial charge in [-0.05, 0) is 17.5 Å². The van der Waals surface area contributed by atoms with Crippen molar-refractivity contribution in [3.05, 3.63) is 28.4 Å². The highest BCUT2D eigenvalue weighted by molar-refractivity contribution is 9.10. The number of hydrogen-bond acceptors (Lipinski definition) is 3. The number of aromatic amines is 1. The fourth-order valence-electron chi connectivity index (χ4n) is 1.89. The summed E-state index contributed by atoms with van der Waals surface area (Å²) in [4.78, 5) is 0. The summed E-state index contributed by atoms with van der Waals surface area (Å²) in [7, 11) is 0. The maximum absolute atomic E-state index is 10.4. The normalized spacial score (nSPS) is 11.8. The standard InChI is InChI=1S/C13H16BrN3O/c1-13(2,3)10-5-7(14)4-8(11(10)18)9-6-16-17-12(9)15/h4-6,18H,1-3H3,(H3,15,16,17). The van der Waals surface area contributed by atoms with Gasteiger partial charge >= 0.3 is 0 Å². The second kappa shape index (κ2) is 4.31. The van der Waals surface area contributed by atoms with Crippen molar-refractivity contribution in [1.82, 2.24) is 10.2 Å². The lowest BCUT2D eigenvalue weighted by Crippen LogP contribution is -2.11. The molecular weight excluding hydrogens is 294 g/mol. The molecule has 0 aliphatic rings. The van der Waals surface area contributed by atoms with E-state index in [9.17, 15) is 5.11 Å². The van der Waals surface area contributed by atoms with Gasteiger partial charge in [0.05, 0.1) is 6.20 Å². The zero-order valence-electron chi connectivity index (χ0n) is 10.6. The molecule has 1 aromatic heterocycles. The Labute approximate surface area is 114 Å². The fourth-order valence-corrected chi connectivity index (χ4v) is 2.34. The van der Waals surface area contributed by atoms with Crippen LogP contribution in [0.15, 0.2) is 22.8 Å². The molecule has 0 spiro atoms. The van der Waals surface area contributed by atoms with E-state index < -0.39 is 0 Å². The van der Waals surface area contributed by atoms with Crippen LogP contribution >= 0.6 is 15.9 Å². The molecule has 0 aliphatic heterocycles. The zero-order chi connectivity index (χ0) is 13.5. The highest BCUT2D eigenvalue weighted by Gasteiger charge is 2.22. The Morgan fingerprint density at radius 1 is 1.28 bits per heavy atom. The van der Waals surface area contributed by atoms with Gasteiger partial charge in [-0.2, -0.15) is 5.10 Å². The number of nitrogens with zero attached hydrogens (tertiary/aromatic N) is 1. The van der Waals surface area contributed by atoms with Crippen molar-refractivity contribution in [2.24, 2.45) is 0 Å². The number of benzene rings is 1. The Balaban J connectivity index is 2.70. The average Bonchev–Trinajstić information content (AvgIpc) is 2.66. The lowest BCUT2D eigenvalue weighted by molar-refractivity contribution is 0.448. The van der Waals surface area contributed by atoms with Gasteiger partial charge in [-0.15, -0.1) is 0 Å². The number of aromatic hydroxyl groups is 1. The molecular formula is C13H16BrN3O. The van der Waals surface area contributed by atoms with Crippen LogP contribution in [0.25, 0.3) is 11.1 Å². The highest BCUT2D eigenvalue weighted by atomic mass is 79.9. The zero-order valence-corrected chi connectivity index (χ0v) is 12.2. The molecule has 4 nitrogen and oxygen atoms in total. The molecule has 0 radical (unpaired) electrons. The average molecular weight is 310 g/mol. The van der Waals surface area contributed by atoms with Crippen LogP contribution in [0, 0.1) is 0 Å². The summed E-state index contributed by atoms with van der Waals surface area (Å²) >= 11 is 3.47. The summed E-state index contributed by atoms with van der Waals surface area (Å²) in [6.07, 6.45) is 1.61. The summed E-state index contributed by atoms with van der Waals surface area (Å²) in [5.41, 5.74) is 7.91. The lowest BCUT2D eigenvalue weighted by Gasteiger charge is -2.22. The lowest BCUT2D eigenvalue weighted by atomic mass is 9.84.